The molecule has 1 amide bonds. The first-order valence-corrected chi connectivity index (χ1v) is 7.99. The van der Waals surface area contributed by atoms with Gasteiger partial charge in [0.1, 0.15) is 11.4 Å². The number of amides is 1. The summed E-state index contributed by atoms with van der Waals surface area (Å²) < 4.78 is 11.0. The summed E-state index contributed by atoms with van der Waals surface area (Å²) >= 11 is 0. The van der Waals surface area contributed by atoms with Gasteiger partial charge < -0.3 is 14.5 Å². The van der Waals surface area contributed by atoms with Crippen LogP contribution in [0.2, 0.25) is 0 Å². The molecule has 2 heterocycles. The lowest BCUT2D eigenvalue weighted by Gasteiger charge is -2.05. The predicted molar refractivity (Wildman–Crippen MR) is 90.5 cm³/mol. The van der Waals surface area contributed by atoms with Crippen molar-refractivity contribution >= 4 is 5.91 Å². The molecule has 0 saturated carbocycles. The van der Waals surface area contributed by atoms with E-state index in [-0.39, 0.29) is 12.5 Å². The van der Waals surface area contributed by atoms with Crippen LogP contribution >= 0.6 is 0 Å². The van der Waals surface area contributed by atoms with Crippen LogP contribution in [0.3, 0.4) is 0 Å². The molecular weight excluding hydrogens is 320 g/mol. The zero-order valence-electron chi connectivity index (χ0n) is 13.6. The van der Waals surface area contributed by atoms with Crippen molar-refractivity contribution < 1.29 is 13.9 Å². The molecular formula is C18H18N4O3. The molecule has 0 fully saturated rings. The topological polar surface area (TPSA) is 90.1 Å². The minimum Gasteiger partial charge on any atom is -0.494 e. The van der Waals surface area contributed by atoms with Crippen LogP contribution in [0.1, 0.15) is 18.7 Å². The summed E-state index contributed by atoms with van der Waals surface area (Å²) in [5.41, 5.74) is 0.602. The van der Waals surface area contributed by atoms with Crippen LogP contribution in [-0.2, 0) is 11.3 Å². The van der Waals surface area contributed by atoms with Crippen molar-refractivity contribution in [1.82, 2.24) is 20.5 Å². The number of para-hydroxylation sites is 1. The smallest absolute Gasteiger partial charge is 0.266 e. The van der Waals surface area contributed by atoms with E-state index in [0.717, 1.165) is 5.75 Å². The molecule has 1 N–H and O–H groups in total. The number of hydrogen-bond donors (Lipinski definition) is 1. The quantitative estimate of drug-likeness (QED) is 0.635. The number of carbonyl (C=O) groups excluding carboxylic acids is 1. The summed E-state index contributed by atoms with van der Waals surface area (Å²) in [6.45, 7) is 0.681. The monoisotopic (exact) mass is 338 g/mol. The first-order chi connectivity index (χ1) is 12.3. The fraction of sp³-hybridized carbons (Fsp3) is 0.222. The lowest BCUT2D eigenvalue weighted by atomic mass is 10.3. The maximum Gasteiger partial charge on any atom is 0.266 e. The van der Waals surface area contributed by atoms with Gasteiger partial charge in [0, 0.05) is 12.6 Å². The SMILES string of the molecule is O=C(CCCOc1ccccc1)NCc1nnc(-c2ccccn2)o1. The Morgan fingerprint density at radius 2 is 1.92 bits per heavy atom. The number of pyridine rings is 1. The Kier molecular flexibility index (Phi) is 5.71. The van der Waals surface area contributed by atoms with Gasteiger partial charge in [0.2, 0.25) is 11.8 Å². The number of carbonyl (C=O) groups is 1. The molecule has 25 heavy (non-hydrogen) atoms. The predicted octanol–water partition coefficient (Wildman–Crippen LogP) is 2.61. The first kappa shape index (κ1) is 16.6. The van der Waals surface area contributed by atoms with Crippen molar-refractivity contribution in [2.45, 2.75) is 19.4 Å². The van der Waals surface area contributed by atoms with E-state index in [2.05, 4.69) is 20.5 Å². The Labute approximate surface area is 145 Å². The zero-order valence-corrected chi connectivity index (χ0v) is 13.6. The summed E-state index contributed by atoms with van der Waals surface area (Å²) in [6, 6.07) is 14.9. The van der Waals surface area contributed by atoms with E-state index in [1.165, 1.54) is 0 Å². The van der Waals surface area contributed by atoms with Crippen molar-refractivity contribution in [3.8, 4) is 17.3 Å². The molecule has 0 bridgehead atoms. The van der Waals surface area contributed by atoms with Crippen LogP contribution in [-0.4, -0.2) is 27.7 Å². The third-order valence-electron chi connectivity index (χ3n) is 3.35. The van der Waals surface area contributed by atoms with Gasteiger partial charge in [-0.15, -0.1) is 10.2 Å². The molecule has 2 aromatic heterocycles. The summed E-state index contributed by atoms with van der Waals surface area (Å²) in [7, 11) is 0. The molecule has 0 atom stereocenters. The summed E-state index contributed by atoms with van der Waals surface area (Å²) in [5.74, 6) is 1.39. The second-order valence-electron chi connectivity index (χ2n) is 5.26. The Morgan fingerprint density at radius 1 is 1.08 bits per heavy atom. The number of nitrogens with zero attached hydrogens (tertiary/aromatic N) is 3. The van der Waals surface area contributed by atoms with Gasteiger partial charge in [-0.05, 0) is 30.7 Å². The van der Waals surface area contributed by atoms with E-state index in [0.29, 0.717) is 36.9 Å². The average molecular weight is 338 g/mol. The van der Waals surface area contributed by atoms with E-state index >= 15 is 0 Å². The molecule has 0 spiro atoms. The molecule has 0 saturated heterocycles. The maximum atomic E-state index is 11.8. The lowest BCUT2D eigenvalue weighted by Crippen LogP contribution is -2.23. The second-order valence-corrected chi connectivity index (χ2v) is 5.26. The van der Waals surface area contributed by atoms with Crippen LogP contribution < -0.4 is 10.1 Å². The fourth-order valence-corrected chi connectivity index (χ4v) is 2.12. The fourth-order valence-electron chi connectivity index (χ4n) is 2.12. The number of hydrogen-bond acceptors (Lipinski definition) is 6. The van der Waals surface area contributed by atoms with Gasteiger partial charge >= 0.3 is 0 Å². The Hall–Kier alpha value is -3.22. The normalized spacial score (nSPS) is 10.4. The minimum absolute atomic E-state index is 0.0887. The van der Waals surface area contributed by atoms with Crippen molar-refractivity contribution in [2.24, 2.45) is 0 Å². The van der Waals surface area contributed by atoms with E-state index in [9.17, 15) is 4.79 Å². The van der Waals surface area contributed by atoms with Crippen LogP contribution in [0.4, 0.5) is 0 Å². The van der Waals surface area contributed by atoms with Crippen LogP contribution in [0.5, 0.6) is 5.75 Å². The molecule has 0 aliphatic rings. The summed E-state index contributed by atoms with van der Waals surface area (Å²) in [4.78, 5) is 16.0. The van der Waals surface area contributed by atoms with Crippen molar-refractivity contribution in [2.75, 3.05) is 6.61 Å². The highest BCUT2D eigenvalue weighted by molar-refractivity contribution is 5.75. The number of benzene rings is 1. The molecule has 3 aromatic rings. The van der Waals surface area contributed by atoms with E-state index in [1.807, 2.05) is 42.5 Å². The van der Waals surface area contributed by atoms with E-state index in [1.54, 1.807) is 12.3 Å². The molecule has 0 radical (unpaired) electrons. The third-order valence-corrected chi connectivity index (χ3v) is 3.35. The summed E-state index contributed by atoms with van der Waals surface area (Å²) in [6.07, 6.45) is 2.65. The molecule has 3 rings (SSSR count). The zero-order chi connectivity index (χ0) is 17.3. The minimum atomic E-state index is -0.0887. The Morgan fingerprint density at radius 3 is 2.72 bits per heavy atom. The Bertz CT molecular complexity index is 790. The van der Waals surface area contributed by atoms with Crippen LogP contribution in [0.15, 0.2) is 59.1 Å². The van der Waals surface area contributed by atoms with Crippen LogP contribution in [0, 0.1) is 0 Å². The van der Waals surface area contributed by atoms with Crippen molar-refractivity contribution in [1.29, 1.82) is 0 Å². The largest absolute Gasteiger partial charge is 0.494 e. The molecule has 1 aromatic carbocycles. The van der Waals surface area contributed by atoms with E-state index < -0.39 is 0 Å². The standard InChI is InChI=1S/C18H18N4O3/c23-16(10-6-12-24-14-7-2-1-3-8-14)20-13-17-21-22-18(25-17)15-9-4-5-11-19-15/h1-5,7-9,11H,6,10,12-13H2,(H,20,23). The molecule has 0 unspecified atom stereocenters. The van der Waals surface area contributed by atoms with Gasteiger partial charge in [-0.2, -0.15) is 0 Å². The van der Waals surface area contributed by atoms with Gasteiger partial charge in [-0.1, -0.05) is 24.3 Å². The highest BCUT2D eigenvalue weighted by Crippen LogP contribution is 2.14. The van der Waals surface area contributed by atoms with Crippen molar-refractivity contribution in [3.63, 3.8) is 0 Å². The number of nitrogens with one attached hydrogen (secondary N) is 1. The summed E-state index contributed by atoms with van der Waals surface area (Å²) in [5, 5.41) is 10.6. The maximum absolute atomic E-state index is 11.8. The highest BCUT2D eigenvalue weighted by Gasteiger charge is 2.10. The van der Waals surface area contributed by atoms with E-state index in [4.69, 9.17) is 9.15 Å². The van der Waals surface area contributed by atoms with Gasteiger partial charge in [0.15, 0.2) is 0 Å². The molecule has 0 aliphatic heterocycles. The molecule has 0 aliphatic carbocycles. The number of aromatic nitrogens is 3. The number of ether oxygens (including phenoxy) is 1. The molecule has 128 valence electrons. The first-order valence-electron chi connectivity index (χ1n) is 7.99. The average Bonchev–Trinajstić information content (AvgIpc) is 3.14. The van der Waals surface area contributed by atoms with Gasteiger partial charge in [-0.25, -0.2) is 0 Å². The highest BCUT2D eigenvalue weighted by atomic mass is 16.5. The van der Waals surface area contributed by atoms with Crippen LogP contribution in [0.25, 0.3) is 11.6 Å². The lowest BCUT2D eigenvalue weighted by molar-refractivity contribution is -0.121. The second kappa shape index (κ2) is 8.58. The van der Waals surface area contributed by atoms with Gasteiger partial charge in [0.25, 0.3) is 5.89 Å². The van der Waals surface area contributed by atoms with Gasteiger partial charge in [0.05, 0.1) is 13.2 Å². The third kappa shape index (κ3) is 5.13. The van der Waals surface area contributed by atoms with Crippen molar-refractivity contribution in [3.05, 3.63) is 60.6 Å². The number of rotatable bonds is 8. The Balaban J connectivity index is 1.37. The van der Waals surface area contributed by atoms with Gasteiger partial charge in [-0.3, -0.25) is 9.78 Å². The molecule has 7 heteroatoms. The molecule has 7 nitrogen and oxygen atoms in total.